The number of aliphatic hydroxyl groups excluding tert-OH is 4. The van der Waals surface area contributed by atoms with E-state index in [1.54, 1.807) is 0 Å². The molecule has 0 heterocycles. The predicted octanol–water partition coefficient (Wildman–Crippen LogP) is 5.91. The van der Waals surface area contributed by atoms with Gasteiger partial charge in [-0.3, -0.25) is 0 Å². The molecular formula is C48H78BaO8. The Morgan fingerprint density at radius 1 is 0.526 bits per heavy atom. The zero-order valence-corrected chi connectivity index (χ0v) is 40.9. The van der Waals surface area contributed by atoms with Gasteiger partial charge in [0.05, 0.1) is 24.4 Å². The largest absolute Gasteiger partial charge is 2.00 e. The van der Waals surface area contributed by atoms with Crippen LogP contribution >= 0.6 is 0 Å². The van der Waals surface area contributed by atoms with E-state index in [2.05, 4.69) is 41.5 Å². The van der Waals surface area contributed by atoms with E-state index in [0.29, 0.717) is 83.9 Å². The first kappa shape index (κ1) is 46.8. The van der Waals surface area contributed by atoms with Crippen molar-refractivity contribution in [3.63, 3.8) is 0 Å². The molecule has 9 heteroatoms. The Balaban J connectivity index is 0.000000189. The van der Waals surface area contributed by atoms with Crippen molar-refractivity contribution in [3.8, 4) is 0 Å². The Morgan fingerprint density at radius 3 is 1.21 bits per heavy atom. The molecule has 0 saturated heterocycles. The Kier molecular flexibility index (Phi) is 14.7. The number of aliphatic carboxylic acids is 2. The van der Waals surface area contributed by atoms with Crippen LogP contribution in [0.3, 0.4) is 0 Å². The standard InChI is InChI=1S/2C24H40O4.Ba/c2*1-14(4-7-21(27)28)17-5-6-18-22-19(9-11-24(17,18)3)23(2)10-8-16(25)12-15(23)13-20(22)26;/h2*14-20,22,25-26H,4-13H2,1-3H3,(H,27,28);/q;;+2/p-2/t14?,15-,16?,17-,18+,19+,20?,22-,23?,24?;14-,15-,16?,17-,18+,19+,20?,22-,23?,24?;/m01./s1. The zero-order chi connectivity index (χ0) is 40.5. The number of rotatable bonds is 8. The predicted molar refractivity (Wildman–Crippen MR) is 218 cm³/mol. The minimum Gasteiger partial charge on any atom is -0.550 e. The third kappa shape index (κ3) is 8.45. The van der Waals surface area contributed by atoms with Crippen molar-refractivity contribution in [2.75, 3.05) is 0 Å². The molecule has 0 aliphatic heterocycles. The molecule has 320 valence electrons. The fraction of sp³-hybridized carbons (Fsp3) is 0.958. The van der Waals surface area contributed by atoms with Gasteiger partial charge < -0.3 is 40.2 Å². The summed E-state index contributed by atoms with van der Waals surface area (Å²) < 4.78 is 0. The smallest absolute Gasteiger partial charge is 0.550 e. The molecule has 8 saturated carbocycles. The van der Waals surface area contributed by atoms with Crippen LogP contribution < -0.4 is 10.2 Å². The van der Waals surface area contributed by atoms with Crippen molar-refractivity contribution in [1.82, 2.24) is 0 Å². The zero-order valence-electron chi connectivity index (χ0n) is 36.5. The number of hydrogen-bond acceptors (Lipinski definition) is 8. The third-order valence-electron chi connectivity index (χ3n) is 20.4. The molecular weight excluding hydrogens is 842 g/mol. The number of carbonyl (C=O) groups is 2. The molecule has 0 amide bonds. The van der Waals surface area contributed by atoms with Crippen LogP contribution in [-0.4, -0.2) is 106 Å². The number of carbonyl (C=O) groups excluding carboxylic acids is 2. The number of carboxylic acid groups (broad SMARTS) is 2. The number of hydrogen-bond donors (Lipinski definition) is 4. The maximum absolute atomic E-state index is 11.2. The minimum absolute atomic E-state index is 0. The molecule has 57 heavy (non-hydrogen) atoms. The number of fused-ring (bicyclic) bond motifs is 10. The van der Waals surface area contributed by atoms with Crippen molar-refractivity contribution in [2.45, 2.75) is 194 Å². The molecule has 20 atom stereocenters. The van der Waals surface area contributed by atoms with Gasteiger partial charge in [-0.1, -0.05) is 41.5 Å². The molecule has 9 unspecified atom stereocenters. The summed E-state index contributed by atoms with van der Waals surface area (Å²) in [5.74, 6) is 3.99. The van der Waals surface area contributed by atoms with Crippen LogP contribution in [-0.2, 0) is 9.59 Å². The second-order valence-corrected chi connectivity index (χ2v) is 22.7. The Bertz CT molecular complexity index is 1320. The molecule has 0 aromatic heterocycles. The molecule has 8 rings (SSSR count). The number of carboxylic acids is 2. The monoisotopic (exact) mass is 920 g/mol. The summed E-state index contributed by atoms with van der Waals surface area (Å²) in [6.07, 6.45) is 17.8. The molecule has 8 fully saturated rings. The van der Waals surface area contributed by atoms with Gasteiger partial charge in [0.2, 0.25) is 0 Å². The fourth-order valence-corrected chi connectivity index (χ4v) is 17.4. The van der Waals surface area contributed by atoms with Gasteiger partial charge in [-0.15, -0.1) is 0 Å². The molecule has 0 bridgehead atoms. The normalized spacial score (nSPS) is 50.8. The van der Waals surface area contributed by atoms with Gasteiger partial charge in [-0.05, 0) is 221 Å². The third-order valence-corrected chi connectivity index (χ3v) is 20.4. The minimum atomic E-state index is -0.934. The number of aliphatic hydroxyl groups is 4. The van der Waals surface area contributed by atoms with E-state index < -0.39 is 11.9 Å². The Hall–Kier alpha value is 0.351. The van der Waals surface area contributed by atoms with E-state index in [4.69, 9.17) is 0 Å². The SMILES string of the molecule is CC(CCC(=O)[O-])[C@@H]1CC[C@@H]2[C@@H]3C(O)C[C@@H]4CC(O)CCC4(C)[C@@H]3CCC21C.C[C@H](CCC(=O)[O-])[C@H]1CC[C@H]2[C@H]3C(O)C[C@H]4CC(O)CCC4(C)[C@H]3CCC12C.[Ba+2]. The van der Waals surface area contributed by atoms with E-state index in [9.17, 15) is 40.2 Å². The average molecular weight is 920 g/mol. The van der Waals surface area contributed by atoms with Gasteiger partial charge in [0.1, 0.15) is 0 Å². The summed E-state index contributed by atoms with van der Waals surface area (Å²) in [7, 11) is 0. The molecule has 0 aromatic carbocycles. The van der Waals surface area contributed by atoms with E-state index >= 15 is 0 Å². The van der Waals surface area contributed by atoms with Crippen LogP contribution in [0.5, 0.6) is 0 Å². The second kappa shape index (κ2) is 17.8. The second-order valence-electron chi connectivity index (χ2n) is 22.7. The summed E-state index contributed by atoms with van der Waals surface area (Å²) in [5.41, 5.74) is 0.988. The van der Waals surface area contributed by atoms with Gasteiger partial charge in [0, 0.05) is 11.9 Å². The van der Waals surface area contributed by atoms with Crippen LogP contribution in [0.2, 0.25) is 0 Å². The van der Waals surface area contributed by atoms with Crippen LogP contribution in [0.15, 0.2) is 0 Å². The first-order valence-corrected chi connectivity index (χ1v) is 23.4. The van der Waals surface area contributed by atoms with Crippen LogP contribution in [0.1, 0.15) is 170 Å². The molecule has 8 nitrogen and oxygen atoms in total. The summed E-state index contributed by atoms with van der Waals surface area (Å²) in [6, 6.07) is 0. The molecule has 4 N–H and O–H groups in total. The molecule has 8 aliphatic carbocycles. The molecule has 8 aliphatic rings. The first-order chi connectivity index (χ1) is 26.3. The van der Waals surface area contributed by atoms with Gasteiger partial charge in [-0.25, -0.2) is 0 Å². The summed E-state index contributed by atoms with van der Waals surface area (Å²) in [4.78, 5) is 21.9. The summed E-state index contributed by atoms with van der Waals surface area (Å²) in [6.45, 7) is 14.2. The molecule has 0 spiro atoms. The Morgan fingerprint density at radius 2 is 0.860 bits per heavy atom. The maximum Gasteiger partial charge on any atom is 2.00 e. The fourth-order valence-electron chi connectivity index (χ4n) is 17.4. The first-order valence-electron chi connectivity index (χ1n) is 23.4. The maximum atomic E-state index is 11.2. The van der Waals surface area contributed by atoms with E-state index in [-0.39, 0.29) is 108 Å². The van der Waals surface area contributed by atoms with E-state index in [0.717, 1.165) is 51.4 Å². The van der Waals surface area contributed by atoms with Crippen molar-refractivity contribution in [2.24, 2.45) is 92.7 Å². The summed E-state index contributed by atoms with van der Waals surface area (Å²) >= 11 is 0. The Labute approximate surface area is 385 Å². The van der Waals surface area contributed by atoms with Gasteiger partial charge >= 0.3 is 48.9 Å². The van der Waals surface area contributed by atoms with Crippen molar-refractivity contribution in [3.05, 3.63) is 0 Å². The van der Waals surface area contributed by atoms with Gasteiger partial charge in [0.15, 0.2) is 0 Å². The summed E-state index contributed by atoms with van der Waals surface area (Å²) in [5, 5.41) is 64.7. The molecule has 0 aromatic rings. The van der Waals surface area contributed by atoms with Crippen molar-refractivity contribution in [1.29, 1.82) is 0 Å². The van der Waals surface area contributed by atoms with E-state index in [1.165, 1.54) is 51.4 Å². The quantitative estimate of drug-likeness (QED) is 0.219. The average Bonchev–Trinajstić information content (AvgIpc) is 3.68. The molecule has 0 radical (unpaired) electrons. The van der Waals surface area contributed by atoms with Gasteiger partial charge in [-0.2, -0.15) is 0 Å². The van der Waals surface area contributed by atoms with E-state index in [1.807, 2.05) is 0 Å². The van der Waals surface area contributed by atoms with Crippen LogP contribution in [0, 0.1) is 92.7 Å². The van der Waals surface area contributed by atoms with Crippen LogP contribution in [0.25, 0.3) is 0 Å². The van der Waals surface area contributed by atoms with Crippen molar-refractivity contribution < 1.29 is 40.2 Å². The van der Waals surface area contributed by atoms with Crippen molar-refractivity contribution >= 4 is 60.8 Å². The topological polar surface area (TPSA) is 161 Å². The van der Waals surface area contributed by atoms with Gasteiger partial charge in [0.25, 0.3) is 0 Å². The van der Waals surface area contributed by atoms with Crippen LogP contribution in [0.4, 0.5) is 0 Å².